The first-order chi connectivity index (χ1) is 12.0. The molecule has 5 rings (SSSR count). The first-order valence-corrected chi connectivity index (χ1v) is 12.7. The summed E-state index contributed by atoms with van der Waals surface area (Å²) in [5.74, 6) is -0.0896. The van der Waals surface area contributed by atoms with Crippen LogP contribution in [-0.4, -0.2) is 55.7 Å². The highest BCUT2D eigenvalue weighted by molar-refractivity contribution is 6.74. The van der Waals surface area contributed by atoms with E-state index in [4.69, 9.17) is 13.9 Å². The van der Waals surface area contributed by atoms with Crippen molar-refractivity contribution in [2.24, 2.45) is 16.7 Å². The summed E-state index contributed by atoms with van der Waals surface area (Å²) in [5.41, 5.74) is -2.93. The minimum atomic E-state index is -2.11. The Hall–Kier alpha value is -0.473. The van der Waals surface area contributed by atoms with Gasteiger partial charge in [0, 0.05) is 0 Å². The van der Waals surface area contributed by atoms with Crippen LogP contribution in [0.4, 0.5) is 0 Å². The molecule has 0 unspecified atom stereocenters. The van der Waals surface area contributed by atoms with Crippen LogP contribution in [0.1, 0.15) is 46.5 Å². The predicted molar refractivity (Wildman–Crippen MR) is 96.8 cm³/mol. The van der Waals surface area contributed by atoms with E-state index in [1.807, 2.05) is 0 Å². The lowest BCUT2D eigenvalue weighted by atomic mass is 9.43. The van der Waals surface area contributed by atoms with E-state index in [1.165, 1.54) is 0 Å². The molecular formula is C19H32O6Si. The number of carbonyl (C=O) groups excluding carboxylic acids is 1. The van der Waals surface area contributed by atoms with Crippen molar-refractivity contribution >= 4 is 14.3 Å². The summed E-state index contributed by atoms with van der Waals surface area (Å²) in [5, 5.41) is 21.2. The third-order valence-electron chi connectivity index (χ3n) is 8.31. The Kier molecular flexibility index (Phi) is 3.86. The number of aliphatic hydroxyl groups is 2. The Labute approximate surface area is 156 Å². The van der Waals surface area contributed by atoms with E-state index < -0.39 is 37.0 Å². The maximum atomic E-state index is 13.0. The molecule has 6 nitrogen and oxygen atoms in total. The molecule has 0 radical (unpaired) electrons. The van der Waals surface area contributed by atoms with Gasteiger partial charge >= 0.3 is 5.97 Å². The van der Waals surface area contributed by atoms with Crippen LogP contribution in [0.3, 0.4) is 0 Å². The quantitative estimate of drug-likeness (QED) is 0.573. The largest absolute Gasteiger partial charge is 0.452 e. The molecule has 2 saturated heterocycles. The van der Waals surface area contributed by atoms with E-state index in [2.05, 4.69) is 33.9 Å². The fourth-order valence-electron chi connectivity index (χ4n) is 5.87. The highest BCUT2D eigenvalue weighted by atomic mass is 28.4. The van der Waals surface area contributed by atoms with Gasteiger partial charge in [0.2, 0.25) is 0 Å². The second-order valence-corrected chi connectivity index (χ2v) is 15.1. The summed E-state index contributed by atoms with van der Waals surface area (Å²) in [6.07, 6.45) is 1.81. The number of hydrogen-bond donors (Lipinski definition) is 2. The molecule has 2 aliphatic heterocycles. The van der Waals surface area contributed by atoms with Gasteiger partial charge in [-0.25, -0.2) is 0 Å². The number of esters is 1. The lowest BCUT2D eigenvalue weighted by Crippen LogP contribution is -2.75. The van der Waals surface area contributed by atoms with Crippen LogP contribution < -0.4 is 0 Å². The van der Waals surface area contributed by atoms with E-state index >= 15 is 0 Å². The summed E-state index contributed by atoms with van der Waals surface area (Å²) in [7, 11) is -2.11. The van der Waals surface area contributed by atoms with Crippen molar-refractivity contribution in [3.63, 3.8) is 0 Å². The molecule has 7 heteroatoms. The Bertz CT molecular complexity index is 630. The second-order valence-electron chi connectivity index (χ2n) is 10.4. The van der Waals surface area contributed by atoms with E-state index in [0.29, 0.717) is 12.3 Å². The normalized spacial score (nSPS) is 47.7. The molecule has 2 heterocycles. The summed E-state index contributed by atoms with van der Waals surface area (Å²) < 4.78 is 18.4. The van der Waals surface area contributed by atoms with E-state index in [9.17, 15) is 15.0 Å². The van der Waals surface area contributed by atoms with Crippen LogP contribution in [0, 0.1) is 16.7 Å². The summed E-state index contributed by atoms with van der Waals surface area (Å²) >= 11 is 0. The highest BCUT2D eigenvalue weighted by Crippen LogP contribution is 2.73. The van der Waals surface area contributed by atoms with Crippen molar-refractivity contribution in [2.45, 2.75) is 82.6 Å². The molecule has 5 fully saturated rings. The SMILES string of the molecule is CC(C)(C)[Si](C)(C)O[C@H]1C[C@@H]2CC[C@]13[C@@]1(CO)CO[C@H](O)[C@]3(C2)OC1=O. The van der Waals surface area contributed by atoms with Crippen LogP contribution >= 0.6 is 0 Å². The highest BCUT2D eigenvalue weighted by Gasteiger charge is 2.84. The molecular weight excluding hydrogens is 352 g/mol. The minimum Gasteiger partial charge on any atom is -0.452 e. The fraction of sp³-hybridized carbons (Fsp3) is 0.947. The van der Waals surface area contributed by atoms with Gasteiger partial charge in [-0.1, -0.05) is 20.8 Å². The number of hydrogen-bond acceptors (Lipinski definition) is 6. The number of carbonyl (C=O) groups is 1. The Morgan fingerprint density at radius 1 is 1.35 bits per heavy atom. The van der Waals surface area contributed by atoms with Gasteiger partial charge in [0.25, 0.3) is 0 Å². The van der Waals surface area contributed by atoms with Crippen LogP contribution in [0.15, 0.2) is 0 Å². The fourth-order valence-corrected chi connectivity index (χ4v) is 7.24. The number of fused-ring (bicyclic) bond motifs is 2. The first-order valence-electron chi connectivity index (χ1n) is 9.78. The molecule has 148 valence electrons. The zero-order valence-electron chi connectivity index (χ0n) is 16.5. The van der Waals surface area contributed by atoms with Crippen LogP contribution in [0.2, 0.25) is 18.1 Å². The molecule has 3 saturated carbocycles. The molecule has 2 N–H and O–H groups in total. The van der Waals surface area contributed by atoms with E-state index in [1.54, 1.807) is 0 Å². The molecule has 3 aliphatic carbocycles. The lowest BCUT2D eigenvalue weighted by molar-refractivity contribution is -0.340. The van der Waals surface area contributed by atoms with Crippen molar-refractivity contribution in [1.29, 1.82) is 0 Å². The maximum Gasteiger partial charge on any atom is 0.318 e. The molecule has 5 aliphatic rings. The monoisotopic (exact) mass is 384 g/mol. The van der Waals surface area contributed by atoms with E-state index in [-0.39, 0.29) is 24.4 Å². The van der Waals surface area contributed by atoms with Gasteiger partial charge in [-0.05, 0) is 49.7 Å². The molecule has 1 spiro atoms. The molecule has 6 atom stereocenters. The molecule has 0 amide bonds. The van der Waals surface area contributed by atoms with Gasteiger partial charge in [0.05, 0.1) is 24.7 Å². The van der Waals surface area contributed by atoms with Gasteiger partial charge in [0.1, 0.15) is 5.41 Å². The first kappa shape index (κ1) is 18.9. The predicted octanol–water partition coefficient (Wildman–Crippen LogP) is 2.19. The van der Waals surface area contributed by atoms with Crippen molar-refractivity contribution in [1.82, 2.24) is 0 Å². The van der Waals surface area contributed by atoms with Crippen LogP contribution in [0.25, 0.3) is 0 Å². The third kappa shape index (κ3) is 1.94. The average Bonchev–Trinajstić information content (AvgIpc) is 2.71. The second kappa shape index (κ2) is 5.32. The van der Waals surface area contributed by atoms with Crippen LogP contribution in [0.5, 0.6) is 0 Å². The topological polar surface area (TPSA) is 85.2 Å². The van der Waals surface area contributed by atoms with Gasteiger partial charge in [-0.15, -0.1) is 0 Å². The molecule has 0 aromatic heterocycles. The molecule has 0 aromatic rings. The smallest absolute Gasteiger partial charge is 0.318 e. The lowest BCUT2D eigenvalue weighted by Gasteiger charge is -2.65. The van der Waals surface area contributed by atoms with Crippen molar-refractivity contribution < 1.29 is 28.9 Å². The molecule has 0 aromatic carbocycles. The minimum absolute atomic E-state index is 0.00667. The molecule has 4 bridgehead atoms. The Morgan fingerprint density at radius 3 is 2.65 bits per heavy atom. The summed E-state index contributed by atoms with van der Waals surface area (Å²) in [4.78, 5) is 13.0. The summed E-state index contributed by atoms with van der Waals surface area (Å²) in [6.45, 7) is 10.7. The number of aliphatic hydroxyl groups excluding tert-OH is 2. The van der Waals surface area contributed by atoms with Gasteiger partial charge < -0.3 is 24.1 Å². The number of ether oxygens (including phenoxy) is 2. The maximum absolute atomic E-state index is 13.0. The Morgan fingerprint density at radius 2 is 2.04 bits per heavy atom. The van der Waals surface area contributed by atoms with E-state index in [0.717, 1.165) is 19.3 Å². The third-order valence-corrected chi connectivity index (χ3v) is 12.8. The zero-order valence-corrected chi connectivity index (χ0v) is 17.5. The number of rotatable bonds is 3. The average molecular weight is 385 g/mol. The Balaban J connectivity index is 1.85. The van der Waals surface area contributed by atoms with Gasteiger partial charge in [0.15, 0.2) is 20.2 Å². The van der Waals surface area contributed by atoms with Crippen LogP contribution in [-0.2, 0) is 18.7 Å². The standard InChI is InChI=1S/C19H32O6Si/c1-16(2,3)26(4,5)25-13-8-12-6-7-18(13)17(10-20)11-23-15(22)19(18,9-12)24-14(17)21/h12-13,15,20,22H,6-11H2,1-5H3/t12-,13-,15-,17-,18+,19-/m0/s1. The molecule has 26 heavy (non-hydrogen) atoms. The van der Waals surface area contributed by atoms with Gasteiger partial charge in [-0.3, -0.25) is 4.79 Å². The van der Waals surface area contributed by atoms with Gasteiger partial charge in [-0.2, -0.15) is 0 Å². The zero-order chi connectivity index (χ0) is 19.2. The van der Waals surface area contributed by atoms with Crippen molar-refractivity contribution in [3.05, 3.63) is 0 Å². The van der Waals surface area contributed by atoms with Crippen molar-refractivity contribution in [3.8, 4) is 0 Å². The summed E-state index contributed by atoms with van der Waals surface area (Å²) in [6, 6.07) is 0. The van der Waals surface area contributed by atoms with Crippen molar-refractivity contribution in [2.75, 3.05) is 13.2 Å².